The molecule has 2 aromatic carbocycles. The second-order valence-corrected chi connectivity index (χ2v) is 14.1. The third-order valence-electron chi connectivity index (χ3n) is 8.07. The van der Waals surface area contributed by atoms with E-state index in [4.69, 9.17) is 9.47 Å². The minimum absolute atomic E-state index is 0.0257. The van der Waals surface area contributed by atoms with Gasteiger partial charge < -0.3 is 14.3 Å². The average Bonchev–Trinajstić information content (AvgIpc) is 3.50. The van der Waals surface area contributed by atoms with Crippen molar-refractivity contribution in [3.63, 3.8) is 0 Å². The molecule has 0 bridgehead atoms. The molecule has 2 unspecified atom stereocenters. The van der Waals surface area contributed by atoms with E-state index in [9.17, 15) is 4.80 Å². The maximum atomic E-state index is 12.4. The van der Waals surface area contributed by atoms with Gasteiger partial charge in [0.05, 0.1) is 12.2 Å². The van der Waals surface area contributed by atoms with E-state index < -0.39 is 8.32 Å². The van der Waals surface area contributed by atoms with Crippen LogP contribution < -0.4 is 10.4 Å². The predicted molar refractivity (Wildman–Crippen MR) is 123 cm³/mol. The van der Waals surface area contributed by atoms with Crippen molar-refractivity contribution in [2.75, 3.05) is 6.61 Å². The molecule has 5 rings (SSSR count). The van der Waals surface area contributed by atoms with Crippen LogP contribution in [0.25, 0.3) is 0 Å². The predicted octanol–water partition coefficient (Wildman–Crippen LogP) is 4.03. The highest BCUT2D eigenvalue weighted by Gasteiger charge is 2.66. The van der Waals surface area contributed by atoms with E-state index in [0.29, 0.717) is 12.0 Å². The number of hydrogen-bond donors (Lipinski definition) is 1. The van der Waals surface area contributed by atoms with Crippen LogP contribution in [0.4, 0.5) is 0 Å². The summed E-state index contributed by atoms with van der Waals surface area (Å²) in [5.74, 6) is 0.535. The van der Waals surface area contributed by atoms with Gasteiger partial charge in [0, 0.05) is 6.61 Å². The smallest absolute Gasteiger partial charge is 0.258 e. The summed E-state index contributed by atoms with van der Waals surface area (Å²) in [7, 11) is -2.94. The lowest BCUT2D eigenvalue weighted by atomic mass is 9.73. The van der Waals surface area contributed by atoms with E-state index in [0.717, 1.165) is 42.7 Å². The van der Waals surface area contributed by atoms with Crippen molar-refractivity contribution in [3.8, 4) is 0 Å². The summed E-state index contributed by atoms with van der Waals surface area (Å²) in [6.07, 6.45) is 7.41. The van der Waals surface area contributed by atoms with Gasteiger partial charge in [0.2, 0.25) is 0 Å². The minimum atomic E-state index is -2.94. The minimum Gasteiger partial charge on any atom is -0.424 e. The summed E-state index contributed by atoms with van der Waals surface area (Å²) in [4.78, 5) is 12.4. The summed E-state index contributed by atoms with van der Waals surface area (Å²) in [6, 6.07) is 20.7. The SMILES string of the molecule is CC(C)(CCC1CCC2O[C@@]23CCCO[C@H]13)[Si](O)(c1ccccc1)c1ccccc1. The first kappa shape index (κ1) is 20.4. The van der Waals surface area contributed by atoms with Gasteiger partial charge in [0.15, 0.2) is 0 Å². The second-order valence-electron chi connectivity index (χ2n) is 10.2. The lowest BCUT2D eigenvalue weighted by molar-refractivity contribution is -0.0821. The molecule has 4 heteroatoms. The number of epoxide rings is 1. The summed E-state index contributed by atoms with van der Waals surface area (Å²) in [5, 5.41) is 2.00. The third kappa shape index (κ3) is 3.20. The topological polar surface area (TPSA) is 42.0 Å². The van der Waals surface area contributed by atoms with Gasteiger partial charge in [-0.1, -0.05) is 74.5 Å². The van der Waals surface area contributed by atoms with Crippen molar-refractivity contribution in [3.05, 3.63) is 60.7 Å². The largest absolute Gasteiger partial charge is 0.424 e. The number of rotatable bonds is 6. The first-order chi connectivity index (χ1) is 14.5. The van der Waals surface area contributed by atoms with Crippen LogP contribution >= 0.6 is 0 Å². The van der Waals surface area contributed by atoms with Crippen molar-refractivity contribution in [1.82, 2.24) is 0 Å². The molecule has 160 valence electrons. The van der Waals surface area contributed by atoms with Crippen molar-refractivity contribution < 1.29 is 14.3 Å². The zero-order valence-electron chi connectivity index (χ0n) is 18.2. The first-order valence-electron chi connectivity index (χ1n) is 11.6. The van der Waals surface area contributed by atoms with Crippen LogP contribution in [0, 0.1) is 5.92 Å². The molecule has 1 spiro atoms. The Balaban J connectivity index is 1.41. The van der Waals surface area contributed by atoms with E-state index >= 15 is 0 Å². The van der Waals surface area contributed by atoms with Gasteiger partial charge in [-0.3, -0.25) is 0 Å². The Labute approximate surface area is 181 Å². The molecule has 1 saturated carbocycles. The highest BCUT2D eigenvalue weighted by molar-refractivity contribution is 6.98. The molecule has 3 aliphatic rings. The van der Waals surface area contributed by atoms with E-state index in [1.807, 2.05) is 12.1 Å². The first-order valence-corrected chi connectivity index (χ1v) is 13.5. The Bertz CT molecular complexity index is 829. The van der Waals surface area contributed by atoms with Gasteiger partial charge in [-0.05, 0) is 59.9 Å². The second kappa shape index (κ2) is 7.59. The standard InChI is InChI=1S/C26H34O3Si/c1-25(2,18-16-20-14-15-23-26(29-23)17-9-19-28-24(20)26)30(27,21-10-5-3-6-11-21)22-12-7-4-8-13-22/h3-8,10-13,20,23-24,27H,9,14-19H2,1-2H3/t20?,23?,24-,26+/m1/s1. The van der Waals surface area contributed by atoms with Crippen LogP contribution in [-0.2, 0) is 9.47 Å². The highest BCUT2D eigenvalue weighted by Crippen LogP contribution is 2.57. The molecule has 2 saturated heterocycles. The van der Waals surface area contributed by atoms with Crippen molar-refractivity contribution in [1.29, 1.82) is 0 Å². The molecular formula is C26H34O3Si. The Morgan fingerprint density at radius 2 is 1.63 bits per heavy atom. The van der Waals surface area contributed by atoms with Crippen LogP contribution in [0.2, 0.25) is 5.04 Å². The van der Waals surface area contributed by atoms with Crippen LogP contribution in [0.3, 0.4) is 0 Å². The Morgan fingerprint density at radius 3 is 2.27 bits per heavy atom. The van der Waals surface area contributed by atoms with E-state index in [2.05, 4.69) is 62.4 Å². The van der Waals surface area contributed by atoms with E-state index in [-0.39, 0.29) is 16.7 Å². The molecule has 0 radical (unpaired) electrons. The van der Waals surface area contributed by atoms with Gasteiger partial charge in [-0.2, -0.15) is 0 Å². The van der Waals surface area contributed by atoms with Gasteiger partial charge >= 0.3 is 0 Å². The molecule has 0 amide bonds. The Kier molecular flexibility index (Phi) is 5.17. The molecule has 3 nitrogen and oxygen atoms in total. The fourth-order valence-electron chi connectivity index (χ4n) is 6.23. The lowest BCUT2D eigenvalue weighted by Crippen LogP contribution is -2.65. The van der Waals surface area contributed by atoms with Crippen LogP contribution in [0.5, 0.6) is 0 Å². The van der Waals surface area contributed by atoms with Crippen molar-refractivity contribution in [2.24, 2.45) is 5.92 Å². The average molecular weight is 423 g/mol. The maximum Gasteiger partial charge on any atom is 0.258 e. The fraction of sp³-hybridized carbons (Fsp3) is 0.538. The zero-order valence-corrected chi connectivity index (χ0v) is 19.2. The molecular weight excluding hydrogens is 388 g/mol. The summed E-state index contributed by atoms with van der Waals surface area (Å²) in [5.41, 5.74) is 0.0257. The molecule has 2 aromatic rings. The van der Waals surface area contributed by atoms with Crippen molar-refractivity contribution in [2.45, 2.75) is 75.2 Å². The highest BCUT2D eigenvalue weighted by atomic mass is 28.4. The normalized spacial score (nSPS) is 31.0. The van der Waals surface area contributed by atoms with Crippen LogP contribution in [0.15, 0.2) is 60.7 Å². The molecule has 0 aromatic heterocycles. The molecule has 1 N–H and O–H groups in total. The fourth-order valence-corrected chi connectivity index (χ4v) is 9.98. The Hall–Kier alpha value is -1.46. The van der Waals surface area contributed by atoms with Crippen molar-refractivity contribution >= 4 is 18.7 Å². The molecule has 2 heterocycles. The third-order valence-corrected chi connectivity index (χ3v) is 12.6. The number of hydrogen-bond acceptors (Lipinski definition) is 3. The summed E-state index contributed by atoms with van der Waals surface area (Å²) < 4.78 is 12.5. The number of benzene rings is 2. The molecule has 30 heavy (non-hydrogen) atoms. The van der Waals surface area contributed by atoms with E-state index in [1.54, 1.807) is 0 Å². The Morgan fingerprint density at radius 1 is 1.00 bits per heavy atom. The lowest BCUT2D eigenvalue weighted by Gasteiger charge is -2.44. The summed E-state index contributed by atoms with van der Waals surface area (Å²) >= 11 is 0. The van der Waals surface area contributed by atoms with Gasteiger partial charge in [-0.25, -0.2) is 0 Å². The quantitative estimate of drug-likeness (QED) is 0.565. The molecule has 2 aliphatic heterocycles. The van der Waals surface area contributed by atoms with Crippen LogP contribution in [-0.4, -0.2) is 37.5 Å². The molecule has 1 aliphatic carbocycles. The number of ether oxygens (including phenoxy) is 2. The summed E-state index contributed by atoms with van der Waals surface area (Å²) in [6.45, 7) is 5.42. The van der Waals surface area contributed by atoms with E-state index in [1.165, 1.54) is 12.8 Å². The van der Waals surface area contributed by atoms with Gasteiger partial charge in [0.25, 0.3) is 8.32 Å². The van der Waals surface area contributed by atoms with Gasteiger partial charge in [-0.15, -0.1) is 0 Å². The molecule has 4 atom stereocenters. The molecule has 3 fully saturated rings. The van der Waals surface area contributed by atoms with Gasteiger partial charge in [0.1, 0.15) is 5.60 Å². The maximum absolute atomic E-state index is 12.4. The zero-order chi connectivity index (χ0) is 20.8. The monoisotopic (exact) mass is 422 g/mol. The van der Waals surface area contributed by atoms with Crippen LogP contribution in [0.1, 0.15) is 52.4 Å².